The summed E-state index contributed by atoms with van der Waals surface area (Å²) >= 11 is 0. The van der Waals surface area contributed by atoms with E-state index in [1.54, 1.807) is 6.92 Å². The Bertz CT molecular complexity index is 992. The number of anilines is 1. The summed E-state index contributed by atoms with van der Waals surface area (Å²) in [6, 6.07) is 8.46. The van der Waals surface area contributed by atoms with Crippen LogP contribution in [0.1, 0.15) is 24.5 Å². The first kappa shape index (κ1) is 21.3. The number of benzene rings is 2. The Morgan fingerprint density at radius 1 is 1.10 bits per heavy atom. The third-order valence-electron chi connectivity index (χ3n) is 4.85. The van der Waals surface area contributed by atoms with Crippen LogP contribution in [0.2, 0.25) is 0 Å². The van der Waals surface area contributed by atoms with Crippen LogP contribution in [0, 0.1) is 5.82 Å². The second-order valence-corrected chi connectivity index (χ2v) is 6.68. The fourth-order valence-corrected chi connectivity index (χ4v) is 3.32. The van der Waals surface area contributed by atoms with E-state index >= 15 is 0 Å². The zero-order valence-electron chi connectivity index (χ0n) is 15.7. The average Bonchev–Trinajstić information content (AvgIpc) is 2.93. The van der Waals surface area contributed by atoms with Gasteiger partial charge in [0.25, 0.3) is 5.91 Å². The van der Waals surface area contributed by atoms with Gasteiger partial charge in [0.05, 0.1) is 11.3 Å². The Morgan fingerprint density at radius 2 is 1.73 bits per heavy atom. The van der Waals surface area contributed by atoms with Crippen molar-refractivity contribution in [3.63, 3.8) is 0 Å². The molecule has 1 aliphatic rings. The summed E-state index contributed by atoms with van der Waals surface area (Å²) in [7, 11) is 0. The van der Waals surface area contributed by atoms with Crippen LogP contribution in [-0.2, 0) is 21.3 Å². The maximum atomic E-state index is 13.2. The lowest BCUT2D eigenvalue weighted by molar-refractivity contribution is -0.137. The number of para-hydroxylation sites is 1. The lowest BCUT2D eigenvalue weighted by Crippen LogP contribution is -2.44. The highest BCUT2D eigenvalue weighted by Gasteiger charge is 2.51. The van der Waals surface area contributed by atoms with Crippen molar-refractivity contribution < 1.29 is 31.9 Å². The Balaban J connectivity index is 1.81. The molecule has 2 N–H and O–H groups in total. The van der Waals surface area contributed by atoms with Gasteiger partial charge in [-0.25, -0.2) is 9.18 Å². The Kier molecular flexibility index (Phi) is 5.51. The molecule has 0 saturated carbocycles. The maximum Gasteiger partial charge on any atom is 0.418 e. The first-order valence-electron chi connectivity index (χ1n) is 8.94. The predicted octanol–water partition coefficient (Wildman–Crippen LogP) is 3.64. The van der Waals surface area contributed by atoms with Crippen molar-refractivity contribution in [3.8, 4) is 0 Å². The molecule has 2 aromatic carbocycles. The van der Waals surface area contributed by atoms with Crippen LogP contribution >= 0.6 is 0 Å². The third-order valence-corrected chi connectivity index (χ3v) is 4.85. The summed E-state index contributed by atoms with van der Waals surface area (Å²) < 4.78 is 52.5. The Labute approximate surface area is 168 Å². The summed E-state index contributed by atoms with van der Waals surface area (Å²) in [6.45, 7) is 0.852. The molecule has 1 atom stereocenters. The number of amides is 4. The van der Waals surface area contributed by atoms with Crippen LogP contribution in [-0.4, -0.2) is 29.3 Å². The van der Waals surface area contributed by atoms with Gasteiger partial charge in [0.15, 0.2) is 0 Å². The Hall–Kier alpha value is -3.43. The molecule has 1 aliphatic heterocycles. The molecule has 2 aromatic rings. The first-order chi connectivity index (χ1) is 14.1. The van der Waals surface area contributed by atoms with Crippen LogP contribution in [0.4, 0.5) is 28.0 Å². The number of hydrogen-bond acceptors (Lipinski definition) is 3. The van der Waals surface area contributed by atoms with Crippen molar-refractivity contribution in [1.82, 2.24) is 10.2 Å². The number of nitrogens with zero attached hydrogens (tertiary/aromatic N) is 1. The van der Waals surface area contributed by atoms with Crippen molar-refractivity contribution in [3.05, 3.63) is 65.5 Å². The number of hydrogen-bond donors (Lipinski definition) is 2. The summed E-state index contributed by atoms with van der Waals surface area (Å²) in [4.78, 5) is 38.3. The van der Waals surface area contributed by atoms with Crippen molar-refractivity contribution in [1.29, 1.82) is 0 Å². The zero-order chi connectivity index (χ0) is 22.1. The molecule has 0 radical (unpaired) electrons. The molecule has 30 heavy (non-hydrogen) atoms. The smallest absolute Gasteiger partial charge is 0.324 e. The highest BCUT2D eigenvalue weighted by atomic mass is 19.4. The minimum Gasteiger partial charge on any atom is -0.324 e. The molecular weight excluding hydrogens is 406 g/mol. The van der Waals surface area contributed by atoms with Gasteiger partial charge in [0.1, 0.15) is 17.9 Å². The number of urea groups is 1. The highest BCUT2D eigenvalue weighted by Crippen LogP contribution is 2.35. The van der Waals surface area contributed by atoms with E-state index in [0.29, 0.717) is 10.5 Å². The van der Waals surface area contributed by atoms with Crippen LogP contribution in [0.25, 0.3) is 0 Å². The molecule has 1 fully saturated rings. The Morgan fingerprint density at radius 3 is 2.33 bits per heavy atom. The fourth-order valence-electron chi connectivity index (χ4n) is 3.32. The van der Waals surface area contributed by atoms with Crippen LogP contribution in [0.3, 0.4) is 0 Å². The van der Waals surface area contributed by atoms with Gasteiger partial charge in [-0.3, -0.25) is 14.5 Å². The molecule has 0 bridgehead atoms. The molecule has 0 aliphatic carbocycles. The SMILES string of the molecule is CCC1(c2ccc(F)cc2)NC(=O)N(CC(=O)Nc2ccccc2C(F)(F)F)C1=O. The van der Waals surface area contributed by atoms with Crippen molar-refractivity contribution >= 4 is 23.5 Å². The van der Waals surface area contributed by atoms with Crippen molar-refractivity contribution in [2.45, 2.75) is 25.1 Å². The van der Waals surface area contributed by atoms with Crippen LogP contribution < -0.4 is 10.6 Å². The van der Waals surface area contributed by atoms with E-state index in [4.69, 9.17) is 0 Å². The van der Waals surface area contributed by atoms with Crippen molar-refractivity contribution in [2.75, 3.05) is 11.9 Å². The van der Waals surface area contributed by atoms with Gasteiger partial charge in [0.2, 0.25) is 5.91 Å². The van der Waals surface area contributed by atoms with Gasteiger partial charge in [-0.15, -0.1) is 0 Å². The summed E-state index contributed by atoms with van der Waals surface area (Å²) in [5.41, 5.74) is -2.70. The number of rotatable bonds is 5. The number of imide groups is 1. The lowest BCUT2D eigenvalue weighted by Gasteiger charge is -2.25. The van der Waals surface area contributed by atoms with E-state index in [1.165, 1.54) is 24.3 Å². The van der Waals surface area contributed by atoms with Crippen LogP contribution in [0.5, 0.6) is 0 Å². The van der Waals surface area contributed by atoms with E-state index in [-0.39, 0.29) is 6.42 Å². The van der Waals surface area contributed by atoms with Crippen LogP contribution in [0.15, 0.2) is 48.5 Å². The van der Waals surface area contributed by atoms with E-state index in [9.17, 15) is 31.9 Å². The van der Waals surface area contributed by atoms with E-state index in [2.05, 4.69) is 10.6 Å². The molecule has 0 spiro atoms. The zero-order valence-corrected chi connectivity index (χ0v) is 15.7. The van der Waals surface area contributed by atoms with Gasteiger partial charge in [-0.1, -0.05) is 31.2 Å². The minimum atomic E-state index is -4.69. The predicted molar refractivity (Wildman–Crippen MR) is 98.7 cm³/mol. The normalized spacial score (nSPS) is 19.0. The number of nitrogens with one attached hydrogen (secondary N) is 2. The van der Waals surface area contributed by atoms with Gasteiger partial charge < -0.3 is 10.6 Å². The number of carbonyl (C=O) groups is 3. The largest absolute Gasteiger partial charge is 0.418 e. The quantitative estimate of drug-likeness (QED) is 0.569. The molecule has 0 aromatic heterocycles. The molecule has 158 valence electrons. The first-order valence-corrected chi connectivity index (χ1v) is 8.94. The highest BCUT2D eigenvalue weighted by molar-refractivity contribution is 6.10. The number of halogens is 4. The maximum absolute atomic E-state index is 13.2. The number of alkyl halides is 3. The molecule has 1 heterocycles. The standard InChI is InChI=1S/C20H17F4N3O3/c1-2-19(12-7-9-13(21)10-8-12)17(29)27(18(30)26-19)11-16(28)25-15-6-4-3-5-14(15)20(22,23)24/h3-10H,2,11H2,1H3,(H,25,28)(H,26,30). The monoisotopic (exact) mass is 423 g/mol. The topological polar surface area (TPSA) is 78.5 Å². The molecule has 6 nitrogen and oxygen atoms in total. The van der Waals surface area contributed by atoms with E-state index in [1.807, 2.05) is 0 Å². The minimum absolute atomic E-state index is 0.123. The van der Waals surface area contributed by atoms with Gasteiger partial charge >= 0.3 is 12.2 Å². The lowest BCUT2D eigenvalue weighted by atomic mass is 9.87. The molecule has 1 saturated heterocycles. The van der Waals surface area contributed by atoms with E-state index < -0.39 is 53.2 Å². The molecule has 1 unspecified atom stereocenters. The molecule has 3 rings (SSSR count). The van der Waals surface area contributed by atoms with Gasteiger partial charge in [0, 0.05) is 0 Å². The number of carbonyl (C=O) groups excluding carboxylic acids is 3. The molecular formula is C20H17F4N3O3. The summed E-state index contributed by atoms with van der Waals surface area (Å²) in [5.74, 6) is -2.25. The molecule has 10 heteroatoms. The third kappa shape index (κ3) is 3.85. The van der Waals surface area contributed by atoms with Gasteiger partial charge in [-0.2, -0.15) is 13.2 Å². The fraction of sp³-hybridized carbons (Fsp3) is 0.250. The second kappa shape index (κ2) is 7.77. The van der Waals surface area contributed by atoms with Gasteiger partial charge in [-0.05, 0) is 36.2 Å². The molecule has 4 amide bonds. The summed E-state index contributed by atoms with van der Waals surface area (Å²) in [6.07, 6.45) is -4.57. The second-order valence-electron chi connectivity index (χ2n) is 6.68. The summed E-state index contributed by atoms with van der Waals surface area (Å²) in [5, 5.41) is 4.61. The van der Waals surface area contributed by atoms with Crippen molar-refractivity contribution in [2.24, 2.45) is 0 Å². The average molecular weight is 423 g/mol. The van der Waals surface area contributed by atoms with E-state index in [0.717, 1.165) is 24.3 Å².